The second kappa shape index (κ2) is 5.39. The predicted octanol–water partition coefficient (Wildman–Crippen LogP) is 2.68. The number of hydrogen-bond donors (Lipinski definition) is 1. The van der Waals surface area contributed by atoms with Crippen molar-refractivity contribution in [2.24, 2.45) is 0 Å². The fourth-order valence-electron chi connectivity index (χ4n) is 1.11. The summed E-state index contributed by atoms with van der Waals surface area (Å²) in [6.45, 7) is 3.88. The Bertz CT molecular complexity index is 319. The van der Waals surface area contributed by atoms with E-state index >= 15 is 0 Å². The van der Waals surface area contributed by atoms with Crippen molar-refractivity contribution in [2.45, 2.75) is 26.4 Å². The average Bonchev–Trinajstić information content (AvgIpc) is 2.29. The minimum absolute atomic E-state index is 0.0264. The lowest BCUT2D eigenvalue weighted by molar-refractivity contribution is 0.0334. The Morgan fingerprint density at radius 3 is 2.47 bits per heavy atom. The Morgan fingerprint density at radius 2 is 2.00 bits per heavy atom. The predicted molar refractivity (Wildman–Crippen MR) is 61.2 cm³/mol. The highest BCUT2D eigenvalue weighted by Gasteiger charge is 2.09. The van der Waals surface area contributed by atoms with E-state index in [1.807, 2.05) is 33.0 Å². The van der Waals surface area contributed by atoms with Crippen molar-refractivity contribution in [3.05, 3.63) is 29.8 Å². The van der Waals surface area contributed by atoms with Gasteiger partial charge in [-0.1, -0.05) is 6.92 Å². The minimum Gasteiger partial charge on any atom is -0.459 e. The molecule has 0 heterocycles. The summed E-state index contributed by atoms with van der Waals surface area (Å²) in [5.74, 6) is -0.257. The first-order valence-corrected chi connectivity index (χ1v) is 5.16. The summed E-state index contributed by atoms with van der Waals surface area (Å²) < 4.78 is 5.20. The van der Waals surface area contributed by atoms with Crippen LogP contribution in [-0.2, 0) is 4.74 Å². The molecule has 1 rings (SSSR count). The highest BCUT2D eigenvalue weighted by atomic mass is 16.5. The minimum atomic E-state index is -0.257. The van der Waals surface area contributed by atoms with Crippen LogP contribution in [-0.4, -0.2) is 19.1 Å². The highest BCUT2D eigenvalue weighted by Crippen LogP contribution is 2.11. The largest absolute Gasteiger partial charge is 0.459 e. The lowest BCUT2D eigenvalue weighted by atomic mass is 10.2. The smallest absolute Gasteiger partial charge is 0.338 e. The normalized spacial score (nSPS) is 11.9. The number of ether oxygens (including phenoxy) is 1. The summed E-state index contributed by atoms with van der Waals surface area (Å²) in [7, 11) is 1.84. The monoisotopic (exact) mass is 207 g/mol. The quantitative estimate of drug-likeness (QED) is 0.771. The number of nitrogens with one attached hydrogen (secondary N) is 1. The first-order chi connectivity index (χ1) is 7.17. The van der Waals surface area contributed by atoms with Gasteiger partial charge >= 0.3 is 5.97 Å². The molecule has 0 radical (unpaired) electrons. The molecular weight excluding hydrogens is 190 g/mol. The molecule has 3 heteroatoms. The molecule has 0 bridgehead atoms. The van der Waals surface area contributed by atoms with E-state index in [2.05, 4.69) is 5.32 Å². The van der Waals surface area contributed by atoms with Crippen molar-refractivity contribution in [1.82, 2.24) is 0 Å². The lowest BCUT2D eigenvalue weighted by Gasteiger charge is -2.10. The van der Waals surface area contributed by atoms with Crippen LogP contribution in [0.4, 0.5) is 5.69 Å². The summed E-state index contributed by atoms with van der Waals surface area (Å²) in [6, 6.07) is 7.23. The van der Waals surface area contributed by atoms with E-state index < -0.39 is 0 Å². The standard InChI is InChI=1S/C12H17NO2/c1-4-9(2)15-12(14)10-5-7-11(13-3)8-6-10/h5-9,13H,4H2,1-3H3. The number of anilines is 1. The van der Waals surface area contributed by atoms with E-state index in [-0.39, 0.29) is 12.1 Å². The van der Waals surface area contributed by atoms with Crippen molar-refractivity contribution < 1.29 is 9.53 Å². The average molecular weight is 207 g/mol. The van der Waals surface area contributed by atoms with E-state index in [1.165, 1.54) is 0 Å². The van der Waals surface area contributed by atoms with Gasteiger partial charge in [-0.15, -0.1) is 0 Å². The van der Waals surface area contributed by atoms with Gasteiger partial charge in [-0.3, -0.25) is 0 Å². The van der Waals surface area contributed by atoms with Crippen LogP contribution in [0.1, 0.15) is 30.6 Å². The van der Waals surface area contributed by atoms with E-state index in [9.17, 15) is 4.79 Å². The Morgan fingerprint density at radius 1 is 1.40 bits per heavy atom. The molecule has 0 spiro atoms. The second-order valence-corrected chi connectivity index (χ2v) is 3.45. The Balaban J connectivity index is 2.66. The van der Waals surface area contributed by atoms with Crippen LogP contribution in [0.2, 0.25) is 0 Å². The molecule has 1 unspecified atom stereocenters. The van der Waals surface area contributed by atoms with Gasteiger partial charge in [0.2, 0.25) is 0 Å². The summed E-state index contributed by atoms with van der Waals surface area (Å²) >= 11 is 0. The number of benzene rings is 1. The van der Waals surface area contributed by atoms with E-state index in [1.54, 1.807) is 12.1 Å². The number of rotatable bonds is 4. The lowest BCUT2D eigenvalue weighted by Crippen LogP contribution is -2.13. The van der Waals surface area contributed by atoms with Crippen molar-refractivity contribution in [3.63, 3.8) is 0 Å². The molecule has 0 saturated heterocycles. The zero-order valence-electron chi connectivity index (χ0n) is 9.41. The van der Waals surface area contributed by atoms with Gasteiger partial charge in [-0.05, 0) is 37.6 Å². The third kappa shape index (κ3) is 3.27. The molecule has 1 aromatic carbocycles. The molecule has 1 atom stereocenters. The molecule has 0 fully saturated rings. The molecule has 0 saturated carbocycles. The van der Waals surface area contributed by atoms with Gasteiger partial charge in [0.1, 0.15) is 0 Å². The van der Waals surface area contributed by atoms with E-state index in [4.69, 9.17) is 4.74 Å². The fraction of sp³-hybridized carbons (Fsp3) is 0.417. The molecule has 1 N–H and O–H groups in total. The van der Waals surface area contributed by atoms with Gasteiger partial charge in [0.15, 0.2) is 0 Å². The summed E-state index contributed by atoms with van der Waals surface area (Å²) in [4.78, 5) is 11.6. The molecule has 0 amide bonds. The molecule has 82 valence electrons. The number of esters is 1. The van der Waals surface area contributed by atoms with Crippen molar-refractivity contribution in [1.29, 1.82) is 0 Å². The Labute approximate surface area is 90.4 Å². The fourth-order valence-corrected chi connectivity index (χ4v) is 1.11. The van der Waals surface area contributed by atoms with Gasteiger partial charge < -0.3 is 10.1 Å². The van der Waals surface area contributed by atoms with E-state index in [0.29, 0.717) is 5.56 Å². The SMILES string of the molecule is CCC(C)OC(=O)c1ccc(NC)cc1. The molecule has 15 heavy (non-hydrogen) atoms. The first-order valence-electron chi connectivity index (χ1n) is 5.16. The third-order valence-electron chi connectivity index (χ3n) is 2.29. The Kier molecular flexibility index (Phi) is 4.16. The van der Waals surface area contributed by atoms with Gasteiger partial charge in [0, 0.05) is 12.7 Å². The molecule has 0 aliphatic heterocycles. The van der Waals surface area contributed by atoms with Crippen molar-refractivity contribution >= 4 is 11.7 Å². The van der Waals surface area contributed by atoms with Gasteiger partial charge in [0.25, 0.3) is 0 Å². The number of carbonyl (C=O) groups excluding carboxylic acids is 1. The highest BCUT2D eigenvalue weighted by molar-refractivity contribution is 5.89. The molecule has 0 aromatic heterocycles. The maximum absolute atomic E-state index is 11.6. The van der Waals surface area contributed by atoms with Crippen LogP contribution in [0, 0.1) is 0 Å². The van der Waals surface area contributed by atoms with Crippen LogP contribution in [0.25, 0.3) is 0 Å². The van der Waals surface area contributed by atoms with Crippen LogP contribution < -0.4 is 5.32 Å². The van der Waals surface area contributed by atoms with Crippen LogP contribution in [0.15, 0.2) is 24.3 Å². The van der Waals surface area contributed by atoms with E-state index in [0.717, 1.165) is 12.1 Å². The topological polar surface area (TPSA) is 38.3 Å². The van der Waals surface area contributed by atoms with Gasteiger partial charge in [0.05, 0.1) is 11.7 Å². The van der Waals surface area contributed by atoms with Crippen molar-refractivity contribution in [3.8, 4) is 0 Å². The second-order valence-electron chi connectivity index (χ2n) is 3.45. The maximum Gasteiger partial charge on any atom is 0.338 e. The van der Waals surface area contributed by atoms with Crippen LogP contribution >= 0.6 is 0 Å². The summed E-state index contributed by atoms with van der Waals surface area (Å²) in [6.07, 6.45) is 0.807. The molecule has 3 nitrogen and oxygen atoms in total. The third-order valence-corrected chi connectivity index (χ3v) is 2.29. The zero-order valence-corrected chi connectivity index (χ0v) is 9.41. The summed E-state index contributed by atoms with van der Waals surface area (Å²) in [5, 5.41) is 2.99. The van der Waals surface area contributed by atoms with Gasteiger partial charge in [-0.2, -0.15) is 0 Å². The molecular formula is C12H17NO2. The zero-order chi connectivity index (χ0) is 11.3. The number of carbonyl (C=O) groups is 1. The molecule has 0 aliphatic rings. The first kappa shape index (κ1) is 11.6. The van der Waals surface area contributed by atoms with Crippen molar-refractivity contribution in [2.75, 3.05) is 12.4 Å². The summed E-state index contributed by atoms with van der Waals surface area (Å²) in [5.41, 5.74) is 1.57. The van der Waals surface area contributed by atoms with Crippen LogP contribution in [0.3, 0.4) is 0 Å². The van der Waals surface area contributed by atoms with Crippen LogP contribution in [0.5, 0.6) is 0 Å². The molecule has 0 aliphatic carbocycles. The molecule has 1 aromatic rings. The number of hydrogen-bond acceptors (Lipinski definition) is 3. The van der Waals surface area contributed by atoms with Gasteiger partial charge in [-0.25, -0.2) is 4.79 Å². The Hall–Kier alpha value is -1.51. The maximum atomic E-state index is 11.6.